The maximum absolute atomic E-state index is 5.59. The average Bonchev–Trinajstić information content (AvgIpc) is 2.06. The molecule has 1 rings (SSSR count). The van der Waals surface area contributed by atoms with Gasteiger partial charge < -0.3 is 15.2 Å². The fraction of sp³-hybridized carbons (Fsp3) is 1.00. The zero-order chi connectivity index (χ0) is 7.45. The van der Waals surface area contributed by atoms with Crippen LogP contribution in [0.2, 0.25) is 0 Å². The highest BCUT2D eigenvalue weighted by molar-refractivity contribution is 4.79. The molecule has 0 aromatic heterocycles. The molecule has 1 heterocycles. The minimum atomic E-state index is 0.0955. The van der Waals surface area contributed by atoms with E-state index in [1.54, 1.807) is 0 Å². The van der Waals surface area contributed by atoms with Gasteiger partial charge >= 0.3 is 0 Å². The van der Waals surface area contributed by atoms with Gasteiger partial charge in [0, 0.05) is 12.0 Å². The third-order valence-corrected chi connectivity index (χ3v) is 2.17. The van der Waals surface area contributed by atoms with Crippen LogP contribution in [0.3, 0.4) is 0 Å². The van der Waals surface area contributed by atoms with E-state index < -0.39 is 0 Å². The van der Waals surface area contributed by atoms with Gasteiger partial charge in [0.05, 0.1) is 13.2 Å². The van der Waals surface area contributed by atoms with E-state index in [0.717, 1.165) is 19.6 Å². The third-order valence-electron chi connectivity index (χ3n) is 2.17. The van der Waals surface area contributed by atoms with Crippen LogP contribution in [0, 0.1) is 5.41 Å². The molecule has 10 heavy (non-hydrogen) atoms. The molecule has 0 aromatic carbocycles. The lowest BCUT2D eigenvalue weighted by Crippen LogP contribution is -2.42. The van der Waals surface area contributed by atoms with Crippen LogP contribution >= 0.6 is 0 Å². The Balaban J connectivity index is 2.44. The summed E-state index contributed by atoms with van der Waals surface area (Å²) in [6, 6.07) is 0. The molecular weight excluding hydrogens is 130 g/mol. The molecule has 0 unspecified atom stereocenters. The molecule has 0 aromatic rings. The second kappa shape index (κ2) is 3.32. The van der Waals surface area contributed by atoms with Gasteiger partial charge in [-0.05, 0) is 6.42 Å². The zero-order valence-electron chi connectivity index (χ0n) is 6.43. The van der Waals surface area contributed by atoms with Crippen LogP contribution in [0.1, 0.15) is 13.3 Å². The summed E-state index contributed by atoms with van der Waals surface area (Å²) < 4.78 is 10.3. The molecule has 1 fully saturated rings. The molecule has 0 atom stereocenters. The molecule has 1 saturated heterocycles. The van der Waals surface area contributed by atoms with Crippen LogP contribution < -0.4 is 5.73 Å². The number of nitrogens with two attached hydrogens (primary N) is 1. The largest absolute Gasteiger partial charge is 0.355 e. The van der Waals surface area contributed by atoms with Gasteiger partial charge in [-0.25, -0.2) is 0 Å². The van der Waals surface area contributed by atoms with Crippen molar-refractivity contribution in [1.82, 2.24) is 0 Å². The fourth-order valence-electron chi connectivity index (χ4n) is 1.08. The highest BCUT2D eigenvalue weighted by Gasteiger charge is 2.30. The molecule has 0 saturated carbocycles. The summed E-state index contributed by atoms with van der Waals surface area (Å²) >= 11 is 0. The van der Waals surface area contributed by atoms with Crippen LogP contribution in [0.15, 0.2) is 0 Å². The van der Waals surface area contributed by atoms with E-state index in [9.17, 15) is 0 Å². The van der Waals surface area contributed by atoms with Gasteiger partial charge in [0.1, 0.15) is 6.79 Å². The molecular formula is C7H15NO2. The predicted octanol–water partition coefficient (Wildman–Crippen LogP) is 0.346. The molecule has 0 radical (unpaired) electrons. The van der Waals surface area contributed by atoms with E-state index in [-0.39, 0.29) is 5.41 Å². The lowest BCUT2D eigenvalue weighted by molar-refractivity contribution is -0.162. The highest BCUT2D eigenvalue weighted by Crippen LogP contribution is 2.24. The minimum Gasteiger partial charge on any atom is -0.355 e. The Morgan fingerprint density at radius 2 is 2.00 bits per heavy atom. The molecule has 0 aliphatic carbocycles. The van der Waals surface area contributed by atoms with Crippen molar-refractivity contribution in [2.75, 3.05) is 26.6 Å². The van der Waals surface area contributed by atoms with Crippen molar-refractivity contribution in [3.63, 3.8) is 0 Å². The van der Waals surface area contributed by atoms with Gasteiger partial charge in [-0.15, -0.1) is 0 Å². The summed E-state index contributed by atoms with van der Waals surface area (Å²) in [5, 5.41) is 0. The Bertz CT molecular complexity index is 93.8. The number of hydrogen-bond donors (Lipinski definition) is 1. The van der Waals surface area contributed by atoms with Crippen LogP contribution in [-0.4, -0.2) is 26.6 Å². The van der Waals surface area contributed by atoms with Crippen molar-refractivity contribution in [2.24, 2.45) is 11.1 Å². The molecule has 1 aliphatic rings. The molecule has 2 N–H and O–H groups in total. The van der Waals surface area contributed by atoms with Gasteiger partial charge in [-0.1, -0.05) is 6.92 Å². The first-order valence-corrected chi connectivity index (χ1v) is 3.68. The Morgan fingerprint density at radius 1 is 1.40 bits per heavy atom. The van der Waals surface area contributed by atoms with Crippen LogP contribution in [0.25, 0.3) is 0 Å². The normalized spacial score (nSPS) is 24.6. The average molecular weight is 145 g/mol. The standard InChI is InChI=1S/C7H15NO2/c1-2-7(3-8)4-9-6-10-5-7/h2-6,8H2,1H3. The Morgan fingerprint density at radius 3 is 2.30 bits per heavy atom. The van der Waals surface area contributed by atoms with Crippen molar-refractivity contribution in [1.29, 1.82) is 0 Å². The van der Waals surface area contributed by atoms with E-state index in [1.165, 1.54) is 0 Å². The van der Waals surface area contributed by atoms with Crippen molar-refractivity contribution in [3.8, 4) is 0 Å². The molecule has 60 valence electrons. The Hall–Kier alpha value is -0.120. The maximum atomic E-state index is 5.59. The number of rotatable bonds is 2. The molecule has 3 nitrogen and oxygen atoms in total. The Kier molecular flexibility index (Phi) is 2.65. The van der Waals surface area contributed by atoms with Gasteiger partial charge in [0.15, 0.2) is 0 Å². The smallest absolute Gasteiger partial charge is 0.146 e. The van der Waals surface area contributed by atoms with Crippen LogP contribution in [-0.2, 0) is 9.47 Å². The summed E-state index contributed by atoms with van der Waals surface area (Å²) in [6.07, 6.45) is 1.03. The molecule has 1 aliphatic heterocycles. The Labute approximate surface area is 61.5 Å². The van der Waals surface area contributed by atoms with Crippen molar-refractivity contribution >= 4 is 0 Å². The monoisotopic (exact) mass is 145 g/mol. The lowest BCUT2D eigenvalue weighted by Gasteiger charge is -2.34. The summed E-state index contributed by atoms with van der Waals surface area (Å²) in [6.45, 7) is 4.70. The second-order valence-corrected chi connectivity index (χ2v) is 2.87. The third kappa shape index (κ3) is 1.48. The summed E-state index contributed by atoms with van der Waals surface area (Å²) in [7, 11) is 0. The second-order valence-electron chi connectivity index (χ2n) is 2.87. The van der Waals surface area contributed by atoms with E-state index >= 15 is 0 Å². The van der Waals surface area contributed by atoms with E-state index in [0.29, 0.717) is 13.3 Å². The maximum Gasteiger partial charge on any atom is 0.146 e. The fourth-order valence-corrected chi connectivity index (χ4v) is 1.08. The van der Waals surface area contributed by atoms with Crippen molar-refractivity contribution in [3.05, 3.63) is 0 Å². The predicted molar refractivity (Wildman–Crippen MR) is 38.5 cm³/mol. The van der Waals surface area contributed by atoms with Crippen molar-refractivity contribution in [2.45, 2.75) is 13.3 Å². The quantitative estimate of drug-likeness (QED) is 0.609. The van der Waals surface area contributed by atoms with Crippen LogP contribution in [0.5, 0.6) is 0 Å². The van der Waals surface area contributed by atoms with E-state index in [2.05, 4.69) is 6.92 Å². The first-order valence-electron chi connectivity index (χ1n) is 3.68. The van der Waals surface area contributed by atoms with Gasteiger partial charge in [-0.3, -0.25) is 0 Å². The zero-order valence-corrected chi connectivity index (χ0v) is 6.43. The van der Waals surface area contributed by atoms with Crippen LogP contribution in [0.4, 0.5) is 0 Å². The summed E-state index contributed by atoms with van der Waals surface area (Å²) in [5.74, 6) is 0. The number of ether oxygens (including phenoxy) is 2. The van der Waals surface area contributed by atoms with Gasteiger partial charge in [0.25, 0.3) is 0 Å². The van der Waals surface area contributed by atoms with Gasteiger partial charge in [-0.2, -0.15) is 0 Å². The summed E-state index contributed by atoms with van der Waals surface area (Å²) in [5.41, 5.74) is 5.68. The molecule has 0 bridgehead atoms. The topological polar surface area (TPSA) is 44.5 Å². The summed E-state index contributed by atoms with van der Waals surface area (Å²) in [4.78, 5) is 0. The van der Waals surface area contributed by atoms with Crippen molar-refractivity contribution < 1.29 is 9.47 Å². The number of hydrogen-bond acceptors (Lipinski definition) is 3. The SMILES string of the molecule is CCC1(CN)COCOC1. The minimum absolute atomic E-state index is 0.0955. The first-order chi connectivity index (χ1) is 4.83. The van der Waals surface area contributed by atoms with E-state index in [4.69, 9.17) is 15.2 Å². The van der Waals surface area contributed by atoms with Gasteiger partial charge in [0.2, 0.25) is 0 Å². The molecule has 0 amide bonds. The lowest BCUT2D eigenvalue weighted by atomic mass is 9.87. The molecule has 0 spiro atoms. The van der Waals surface area contributed by atoms with E-state index in [1.807, 2.05) is 0 Å². The highest BCUT2D eigenvalue weighted by atomic mass is 16.7. The molecule has 3 heteroatoms. The first kappa shape index (κ1) is 7.98.